The number of nitrogens with one attached hydrogen (secondary N) is 1. The Hall–Kier alpha value is -2.58. The van der Waals surface area contributed by atoms with Crippen LogP contribution in [0.15, 0.2) is 34.7 Å². The van der Waals surface area contributed by atoms with Gasteiger partial charge in [-0.05, 0) is 25.0 Å². The lowest BCUT2D eigenvalue weighted by Gasteiger charge is -2.30. The second-order valence-electron chi connectivity index (χ2n) is 5.50. The molecule has 1 aliphatic rings. The minimum absolute atomic E-state index is 0.0227. The highest BCUT2D eigenvalue weighted by Crippen LogP contribution is 2.32. The van der Waals surface area contributed by atoms with E-state index >= 15 is 0 Å². The van der Waals surface area contributed by atoms with Crippen LogP contribution in [0, 0.1) is 0 Å². The van der Waals surface area contributed by atoms with Crippen molar-refractivity contribution in [1.82, 2.24) is 15.1 Å². The molecular weight excluding hydrogens is 325 g/mol. The van der Waals surface area contributed by atoms with Crippen LogP contribution in [0.25, 0.3) is 0 Å². The van der Waals surface area contributed by atoms with Gasteiger partial charge in [0, 0.05) is 24.7 Å². The Labute approximate surface area is 135 Å². The zero-order chi connectivity index (χ0) is 17.2. The number of nitrogens with zero attached hydrogens (tertiary/aromatic N) is 3. The van der Waals surface area contributed by atoms with E-state index in [1.54, 1.807) is 17.0 Å². The Kier molecular flexibility index (Phi) is 4.41. The summed E-state index contributed by atoms with van der Waals surface area (Å²) in [6, 6.07) is 8.80. The molecule has 2 heterocycles. The van der Waals surface area contributed by atoms with Gasteiger partial charge in [-0.3, -0.25) is 0 Å². The quantitative estimate of drug-likeness (QED) is 0.908. The van der Waals surface area contributed by atoms with Gasteiger partial charge in [0.2, 0.25) is 5.89 Å². The number of hydrogen-bond acceptors (Lipinski definition) is 4. The molecule has 1 aromatic heterocycles. The first-order valence-corrected chi connectivity index (χ1v) is 7.45. The second-order valence-corrected chi connectivity index (χ2v) is 5.50. The summed E-state index contributed by atoms with van der Waals surface area (Å²) in [4.78, 5) is 13.8. The predicted octanol–water partition coefficient (Wildman–Crippen LogP) is 3.50. The number of para-hydroxylation sites is 1. The highest BCUT2D eigenvalue weighted by Gasteiger charge is 2.39. The highest BCUT2D eigenvalue weighted by molar-refractivity contribution is 5.89. The van der Waals surface area contributed by atoms with Gasteiger partial charge in [0.25, 0.3) is 0 Å². The monoisotopic (exact) mass is 340 g/mol. The first-order valence-electron chi connectivity index (χ1n) is 7.45. The fraction of sp³-hybridized carbons (Fsp3) is 0.400. The maximum absolute atomic E-state index is 12.5. The third kappa shape index (κ3) is 3.66. The predicted molar refractivity (Wildman–Crippen MR) is 78.3 cm³/mol. The van der Waals surface area contributed by atoms with Gasteiger partial charge in [0.1, 0.15) is 0 Å². The Bertz CT molecular complexity index is 694. The van der Waals surface area contributed by atoms with E-state index in [0.29, 0.717) is 31.6 Å². The molecule has 0 spiro atoms. The highest BCUT2D eigenvalue weighted by atomic mass is 19.4. The summed E-state index contributed by atoms with van der Waals surface area (Å²) in [6.45, 7) is 0.820. The van der Waals surface area contributed by atoms with E-state index in [2.05, 4.69) is 15.5 Å². The molecule has 3 rings (SSSR count). The smallest absolute Gasteiger partial charge is 0.417 e. The van der Waals surface area contributed by atoms with Crippen molar-refractivity contribution in [1.29, 1.82) is 0 Å². The van der Waals surface area contributed by atoms with E-state index in [0.717, 1.165) is 0 Å². The molecule has 0 atom stereocenters. The van der Waals surface area contributed by atoms with Crippen LogP contribution >= 0.6 is 0 Å². The molecule has 0 radical (unpaired) electrons. The molecule has 0 bridgehead atoms. The van der Waals surface area contributed by atoms with Crippen molar-refractivity contribution in [3.8, 4) is 0 Å². The van der Waals surface area contributed by atoms with Gasteiger partial charge in [-0.15, -0.1) is 10.2 Å². The molecule has 6 nitrogen and oxygen atoms in total. The topological polar surface area (TPSA) is 71.3 Å². The van der Waals surface area contributed by atoms with Crippen LogP contribution in [-0.2, 0) is 6.18 Å². The van der Waals surface area contributed by atoms with Gasteiger partial charge in [0.15, 0.2) is 0 Å². The molecule has 1 N–H and O–H groups in total. The molecular formula is C15H15F3N4O2. The van der Waals surface area contributed by atoms with Crippen LogP contribution in [0.4, 0.5) is 23.7 Å². The van der Waals surface area contributed by atoms with Gasteiger partial charge in [-0.1, -0.05) is 18.2 Å². The van der Waals surface area contributed by atoms with Crippen LogP contribution in [0.1, 0.15) is 30.5 Å². The first-order chi connectivity index (χ1) is 11.4. The van der Waals surface area contributed by atoms with Crippen LogP contribution in [0.2, 0.25) is 0 Å². The molecule has 9 heteroatoms. The number of carbonyl (C=O) groups is 1. The fourth-order valence-electron chi connectivity index (χ4n) is 2.57. The number of rotatable bonds is 2. The Morgan fingerprint density at radius 2 is 1.83 bits per heavy atom. The molecule has 128 valence electrons. The number of carbonyl (C=O) groups excluding carboxylic acids is 1. The van der Waals surface area contributed by atoms with Crippen LogP contribution in [-0.4, -0.2) is 34.2 Å². The van der Waals surface area contributed by atoms with E-state index in [4.69, 9.17) is 4.42 Å². The number of likely N-dealkylation sites (tertiary alicyclic amines) is 1. The van der Waals surface area contributed by atoms with Crippen molar-refractivity contribution < 1.29 is 22.4 Å². The van der Waals surface area contributed by atoms with Crippen LogP contribution in [0.3, 0.4) is 0 Å². The van der Waals surface area contributed by atoms with Crippen molar-refractivity contribution in [3.05, 3.63) is 42.1 Å². The number of piperidine rings is 1. The number of anilines is 1. The van der Waals surface area contributed by atoms with Crippen LogP contribution < -0.4 is 5.32 Å². The summed E-state index contributed by atoms with van der Waals surface area (Å²) in [7, 11) is 0. The van der Waals surface area contributed by atoms with E-state index in [1.165, 1.54) is 0 Å². The fourth-order valence-corrected chi connectivity index (χ4v) is 2.57. The van der Waals surface area contributed by atoms with Gasteiger partial charge in [-0.2, -0.15) is 13.2 Å². The standard InChI is InChI=1S/C15H15F3N4O2/c16-15(17,18)13-21-20-12(24-13)10-6-8-22(9-7-10)14(23)19-11-4-2-1-3-5-11/h1-5,10H,6-9H2,(H,19,23). The summed E-state index contributed by atoms with van der Waals surface area (Å²) >= 11 is 0. The lowest BCUT2D eigenvalue weighted by Crippen LogP contribution is -2.40. The summed E-state index contributed by atoms with van der Waals surface area (Å²) < 4.78 is 42.2. The maximum Gasteiger partial charge on any atom is 0.470 e. The lowest BCUT2D eigenvalue weighted by molar-refractivity contribution is -0.157. The molecule has 1 aliphatic heterocycles. The summed E-state index contributed by atoms with van der Waals surface area (Å²) in [6.07, 6.45) is -3.69. The van der Waals surface area contributed by atoms with Crippen molar-refractivity contribution >= 4 is 11.7 Å². The van der Waals surface area contributed by atoms with Gasteiger partial charge in [0.05, 0.1) is 0 Å². The molecule has 1 fully saturated rings. The molecule has 0 saturated carbocycles. The second kappa shape index (κ2) is 6.50. The number of benzene rings is 1. The SMILES string of the molecule is O=C(Nc1ccccc1)N1CCC(c2nnc(C(F)(F)F)o2)CC1. The van der Waals surface area contributed by atoms with E-state index < -0.39 is 12.1 Å². The van der Waals surface area contributed by atoms with E-state index in [9.17, 15) is 18.0 Å². The lowest BCUT2D eigenvalue weighted by atomic mass is 9.97. The average Bonchev–Trinajstić information content (AvgIpc) is 3.06. The van der Waals surface area contributed by atoms with Crippen molar-refractivity contribution in [2.75, 3.05) is 18.4 Å². The summed E-state index contributed by atoms with van der Waals surface area (Å²) in [5.74, 6) is -1.62. The van der Waals surface area contributed by atoms with Crippen molar-refractivity contribution in [3.63, 3.8) is 0 Å². The molecule has 1 aromatic carbocycles. The molecule has 2 aromatic rings. The number of urea groups is 1. The third-order valence-electron chi connectivity index (χ3n) is 3.84. The number of alkyl halides is 3. The van der Waals surface area contributed by atoms with E-state index in [-0.39, 0.29) is 17.8 Å². The third-order valence-corrected chi connectivity index (χ3v) is 3.84. The van der Waals surface area contributed by atoms with Gasteiger partial charge in [-0.25, -0.2) is 4.79 Å². The Morgan fingerprint density at radius 1 is 1.17 bits per heavy atom. The average molecular weight is 340 g/mol. The zero-order valence-corrected chi connectivity index (χ0v) is 12.6. The molecule has 1 saturated heterocycles. The number of aromatic nitrogens is 2. The number of hydrogen-bond donors (Lipinski definition) is 1. The van der Waals surface area contributed by atoms with E-state index in [1.807, 2.05) is 18.2 Å². The van der Waals surface area contributed by atoms with Gasteiger partial charge < -0.3 is 14.6 Å². The largest absolute Gasteiger partial charge is 0.470 e. The Balaban J connectivity index is 1.56. The number of amides is 2. The summed E-state index contributed by atoms with van der Waals surface area (Å²) in [5.41, 5.74) is 0.691. The summed E-state index contributed by atoms with van der Waals surface area (Å²) in [5, 5.41) is 9.30. The zero-order valence-electron chi connectivity index (χ0n) is 12.6. The molecule has 0 aliphatic carbocycles. The minimum Gasteiger partial charge on any atom is -0.417 e. The van der Waals surface area contributed by atoms with Crippen molar-refractivity contribution in [2.24, 2.45) is 0 Å². The maximum atomic E-state index is 12.5. The molecule has 24 heavy (non-hydrogen) atoms. The van der Waals surface area contributed by atoms with Crippen molar-refractivity contribution in [2.45, 2.75) is 24.9 Å². The minimum atomic E-state index is -4.64. The van der Waals surface area contributed by atoms with Gasteiger partial charge >= 0.3 is 18.1 Å². The number of halogens is 3. The molecule has 0 unspecified atom stereocenters. The first kappa shape index (κ1) is 16.3. The Morgan fingerprint density at radius 3 is 2.42 bits per heavy atom. The normalized spacial score (nSPS) is 16.2. The van der Waals surface area contributed by atoms with Crippen LogP contribution in [0.5, 0.6) is 0 Å². The molecule has 2 amide bonds.